The Bertz CT molecular complexity index is 2830. The molecule has 7 rings (SSSR count). The van der Waals surface area contributed by atoms with Crippen molar-refractivity contribution in [3.05, 3.63) is 101 Å². The molecular formula is C52H59F8N11O8. The van der Waals surface area contributed by atoms with Crippen molar-refractivity contribution in [1.29, 1.82) is 0 Å². The molecule has 4 amide bonds. The van der Waals surface area contributed by atoms with Crippen LogP contribution in [0.3, 0.4) is 0 Å². The van der Waals surface area contributed by atoms with Crippen LogP contribution in [0.1, 0.15) is 62.8 Å². The lowest BCUT2D eigenvalue weighted by molar-refractivity contribution is -0.221. The standard InChI is InChI=1S/C52H59F8N11O8/c1-49(2,51(55,56)57)41(66-47(75)77-5)44(73)65-39(18-30-11-8-29(9-12-30)10-13-31-21-63-46(64-22-31)69-23-33-14-15-34(24-69)71(33)35-27-79-28-35)40(72)26-70(68-45(74)42(67-48(76)78-6)50(3,4)52(58,59)60)25-36-37(53)19-32(20-38(36)54)43-61-16-7-17-62-43/h7-9,11-12,16-17,19-22,33-35,39-42,72H,14-15,18,23-28H2,1-6H3,(H,65,73)(H,66,75)(H,67,76)(H,68,74)/t33?,34?,39-,40-,41+,42+/m0/s1. The zero-order valence-electron chi connectivity index (χ0n) is 43.7. The summed E-state index contributed by atoms with van der Waals surface area (Å²) < 4.78 is 134. The second-order valence-electron chi connectivity index (χ2n) is 20.5. The molecule has 4 aromatic rings. The molecule has 5 heterocycles. The third-order valence-electron chi connectivity index (χ3n) is 14.4. The van der Waals surface area contributed by atoms with Gasteiger partial charge in [0.1, 0.15) is 23.7 Å². The molecule has 426 valence electrons. The maximum absolute atomic E-state index is 16.0. The van der Waals surface area contributed by atoms with Crippen LogP contribution in [0, 0.1) is 34.3 Å². The van der Waals surface area contributed by atoms with Crippen molar-refractivity contribution in [1.82, 2.24) is 51.2 Å². The minimum atomic E-state index is -5.19. The highest BCUT2D eigenvalue weighted by molar-refractivity contribution is 5.87. The maximum Gasteiger partial charge on any atom is 0.407 e. The number of rotatable bonds is 18. The van der Waals surface area contributed by atoms with E-state index in [-0.39, 0.29) is 11.4 Å². The Kier molecular flexibility index (Phi) is 18.3. The summed E-state index contributed by atoms with van der Waals surface area (Å²) in [6, 6.07) is 3.77. The number of hydrogen-bond donors (Lipinski definition) is 5. The lowest BCUT2D eigenvalue weighted by atomic mass is 9.82. The van der Waals surface area contributed by atoms with Crippen molar-refractivity contribution in [3.63, 3.8) is 0 Å². The van der Waals surface area contributed by atoms with E-state index in [2.05, 4.69) is 61.8 Å². The molecule has 2 bridgehead atoms. The average Bonchev–Trinajstić information content (AvgIpc) is 3.78. The first-order valence-corrected chi connectivity index (χ1v) is 24.8. The molecule has 2 aromatic carbocycles. The first-order chi connectivity index (χ1) is 37.2. The highest BCUT2D eigenvalue weighted by Crippen LogP contribution is 2.42. The van der Waals surface area contributed by atoms with Gasteiger partial charge in [0.2, 0.25) is 11.9 Å². The van der Waals surface area contributed by atoms with E-state index >= 15 is 8.78 Å². The number of nitrogens with zero attached hydrogens (tertiary/aromatic N) is 7. The van der Waals surface area contributed by atoms with Gasteiger partial charge in [0.15, 0.2) is 5.82 Å². The van der Waals surface area contributed by atoms with Gasteiger partial charge in [-0.1, -0.05) is 24.0 Å². The average molecular weight is 1120 g/mol. The smallest absolute Gasteiger partial charge is 0.407 e. The Labute approximate surface area is 449 Å². The molecule has 2 aromatic heterocycles. The molecule has 0 spiro atoms. The fourth-order valence-corrected chi connectivity index (χ4v) is 9.38. The number of benzene rings is 2. The van der Waals surface area contributed by atoms with E-state index in [4.69, 9.17) is 4.74 Å². The Morgan fingerprint density at radius 1 is 0.759 bits per heavy atom. The van der Waals surface area contributed by atoms with Crippen LogP contribution in [0.15, 0.2) is 67.3 Å². The normalized spacial score (nSPS) is 18.5. The number of alkyl carbamates (subject to hydrolysis) is 2. The Hall–Kier alpha value is -7.28. The van der Waals surface area contributed by atoms with Gasteiger partial charge >= 0.3 is 24.5 Å². The van der Waals surface area contributed by atoms with E-state index < -0.39 is 108 Å². The number of hydrazine groups is 1. The first kappa shape index (κ1) is 59.4. The lowest BCUT2D eigenvalue weighted by Gasteiger charge is -2.47. The van der Waals surface area contributed by atoms with E-state index in [1.165, 1.54) is 30.6 Å². The number of carbonyl (C=O) groups excluding carboxylic acids is 4. The molecule has 5 N–H and O–H groups in total. The summed E-state index contributed by atoms with van der Waals surface area (Å²) in [5.74, 6) is 0.765. The number of methoxy groups -OCH3 is 2. The number of anilines is 1. The van der Waals surface area contributed by atoms with Crippen molar-refractivity contribution in [2.45, 2.75) is 108 Å². The Balaban J connectivity index is 1.17. The number of alkyl halides is 6. The molecule has 79 heavy (non-hydrogen) atoms. The van der Waals surface area contributed by atoms with Gasteiger partial charge in [-0.25, -0.2) is 43.3 Å². The maximum atomic E-state index is 16.0. The number of nitrogens with one attached hydrogen (secondary N) is 4. The number of piperazine rings is 1. The molecule has 0 radical (unpaired) electrons. The fraction of sp³-hybridized carbons (Fsp3) is 0.500. The molecule has 3 fully saturated rings. The van der Waals surface area contributed by atoms with Crippen LogP contribution in [0.5, 0.6) is 0 Å². The number of aromatic nitrogens is 4. The van der Waals surface area contributed by atoms with Crippen molar-refractivity contribution < 1.29 is 73.6 Å². The molecule has 2 unspecified atom stereocenters. The summed E-state index contributed by atoms with van der Waals surface area (Å²) >= 11 is 0. The second kappa shape index (κ2) is 24.4. The summed E-state index contributed by atoms with van der Waals surface area (Å²) in [5.41, 5.74) is -3.70. The lowest BCUT2D eigenvalue weighted by Crippen LogP contribution is -2.63. The van der Waals surface area contributed by atoms with Gasteiger partial charge in [-0.2, -0.15) is 26.3 Å². The highest BCUT2D eigenvalue weighted by Gasteiger charge is 2.57. The summed E-state index contributed by atoms with van der Waals surface area (Å²) in [5, 5.41) is 18.7. The number of amides is 4. The molecule has 3 saturated heterocycles. The van der Waals surface area contributed by atoms with E-state index in [0.717, 1.165) is 65.5 Å². The molecule has 6 atom stereocenters. The Morgan fingerprint density at radius 3 is 1.77 bits per heavy atom. The molecule has 0 aliphatic carbocycles. The van der Waals surface area contributed by atoms with Gasteiger partial charge in [-0.3, -0.25) is 19.9 Å². The van der Waals surface area contributed by atoms with Crippen molar-refractivity contribution in [2.75, 3.05) is 52.0 Å². The molecule has 0 saturated carbocycles. The summed E-state index contributed by atoms with van der Waals surface area (Å²) in [6.45, 7) is 3.34. The van der Waals surface area contributed by atoms with E-state index in [1.807, 2.05) is 10.6 Å². The first-order valence-electron chi connectivity index (χ1n) is 24.8. The highest BCUT2D eigenvalue weighted by atomic mass is 19.4. The monoisotopic (exact) mass is 1120 g/mol. The Morgan fingerprint density at radius 2 is 1.28 bits per heavy atom. The topological polar surface area (TPSA) is 226 Å². The number of aliphatic hydroxyl groups is 1. The largest absolute Gasteiger partial charge is 0.453 e. The van der Waals surface area contributed by atoms with E-state index in [0.29, 0.717) is 73.5 Å². The SMILES string of the molecule is COC(=O)N[C@H](C(=O)N[C@@H](Cc1ccc(C#Cc2cnc(N3CC4CCC(C3)N4C3COC3)nc2)cc1)[C@@H](O)CN(Cc1c(F)cc(-c2ncccn2)cc1F)NC(=O)[C@@H](NC(=O)OC)C(C)(C)C(F)(F)F)C(C)(C)C(F)(F)F. The third kappa shape index (κ3) is 14.0. The second-order valence-corrected chi connectivity index (χ2v) is 20.5. The van der Waals surface area contributed by atoms with Crippen molar-refractivity contribution in [2.24, 2.45) is 10.8 Å². The van der Waals surface area contributed by atoms with Crippen molar-refractivity contribution in [3.8, 4) is 23.2 Å². The summed E-state index contributed by atoms with van der Waals surface area (Å²) in [7, 11) is 1.65. The minimum absolute atomic E-state index is 0.0998. The van der Waals surface area contributed by atoms with Crippen LogP contribution in [0.2, 0.25) is 0 Å². The van der Waals surface area contributed by atoms with Crippen LogP contribution >= 0.6 is 0 Å². The van der Waals surface area contributed by atoms with E-state index in [9.17, 15) is 50.6 Å². The van der Waals surface area contributed by atoms with Gasteiger partial charge < -0.3 is 40.2 Å². The predicted molar refractivity (Wildman–Crippen MR) is 266 cm³/mol. The quantitative estimate of drug-likeness (QED) is 0.0490. The molecule has 3 aliphatic heterocycles. The molecular weight excluding hydrogens is 1060 g/mol. The van der Waals surface area contributed by atoms with Crippen molar-refractivity contribution >= 4 is 29.9 Å². The number of carbonyl (C=O) groups is 4. The molecule has 3 aliphatic rings. The minimum Gasteiger partial charge on any atom is -0.453 e. The zero-order chi connectivity index (χ0) is 57.6. The number of halogens is 8. The van der Waals surface area contributed by atoms with Gasteiger partial charge in [-0.05, 0) is 82.9 Å². The fourth-order valence-electron chi connectivity index (χ4n) is 9.38. The summed E-state index contributed by atoms with van der Waals surface area (Å²) in [6.07, 6.45) is -7.81. The number of hydrogen-bond acceptors (Lipinski definition) is 15. The van der Waals surface area contributed by atoms with Gasteiger partial charge in [0.05, 0.1) is 62.0 Å². The number of ether oxygens (including phenoxy) is 3. The summed E-state index contributed by atoms with van der Waals surface area (Å²) in [4.78, 5) is 74.7. The van der Waals surface area contributed by atoms with Gasteiger partial charge in [-0.15, -0.1) is 0 Å². The predicted octanol–water partition coefficient (Wildman–Crippen LogP) is 5.21. The number of fused-ring (bicyclic) bond motifs is 2. The third-order valence-corrected chi connectivity index (χ3v) is 14.4. The van der Waals surface area contributed by atoms with Crippen LogP contribution in [0.4, 0.5) is 50.7 Å². The van der Waals surface area contributed by atoms with E-state index in [1.54, 1.807) is 24.5 Å². The van der Waals surface area contributed by atoms with Crippen LogP contribution < -0.4 is 26.3 Å². The van der Waals surface area contributed by atoms with Crippen LogP contribution in [-0.2, 0) is 36.8 Å². The van der Waals surface area contributed by atoms with Gasteiger partial charge in [0.25, 0.3) is 5.91 Å². The zero-order valence-corrected chi connectivity index (χ0v) is 43.7. The number of aliphatic hydroxyl groups excluding tert-OH is 1. The van der Waals surface area contributed by atoms with Crippen LogP contribution in [-0.4, -0.2) is 161 Å². The van der Waals surface area contributed by atoms with Gasteiger partial charge in [0, 0.05) is 79.7 Å². The molecule has 19 nitrogen and oxygen atoms in total. The van der Waals surface area contributed by atoms with Crippen LogP contribution in [0.25, 0.3) is 11.4 Å². The molecule has 27 heteroatoms.